The highest BCUT2D eigenvalue weighted by Crippen LogP contribution is 2.47. The minimum absolute atomic E-state index is 0.350. The fraction of sp³-hybridized carbons (Fsp3) is 0.474. The number of benzene rings is 1. The number of hydrogen-bond acceptors (Lipinski definition) is 4. The standard InChI is InChI=1S/C19H23N5/c1-19(6-7-19)17-12-18(22-21-17)24-10-8-23(9-11-24)14-16-4-2-15(13-20)3-5-16/h2-5,12H,6-11,14H2,1H3,(H,21,22). The fourth-order valence-electron chi connectivity index (χ4n) is 3.32. The van der Waals surface area contributed by atoms with Gasteiger partial charge in [0.25, 0.3) is 0 Å². The average Bonchev–Trinajstić information content (AvgIpc) is 3.17. The highest BCUT2D eigenvalue weighted by molar-refractivity contribution is 5.43. The second-order valence-electron chi connectivity index (χ2n) is 7.27. The summed E-state index contributed by atoms with van der Waals surface area (Å²) in [5, 5.41) is 16.6. The Balaban J connectivity index is 1.33. The van der Waals surface area contributed by atoms with E-state index in [2.05, 4.69) is 51.2 Å². The molecule has 124 valence electrons. The molecule has 1 aromatic carbocycles. The van der Waals surface area contributed by atoms with Gasteiger partial charge in [-0.25, -0.2) is 0 Å². The van der Waals surface area contributed by atoms with Crippen LogP contribution in [-0.4, -0.2) is 41.3 Å². The van der Waals surface area contributed by atoms with Gasteiger partial charge in [0, 0.05) is 49.9 Å². The third-order valence-electron chi connectivity index (χ3n) is 5.40. The minimum Gasteiger partial charge on any atom is -0.353 e. The molecule has 2 heterocycles. The lowest BCUT2D eigenvalue weighted by molar-refractivity contribution is 0.249. The summed E-state index contributed by atoms with van der Waals surface area (Å²) >= 11 is 0. The summed E-state index contributed by atoms with van der Waals surface area (Å²) in [5.74, 6) is 1.09. The first kappa shape index (κ1) is 15.2. The molecular formula is C19H23N5. The normalized spacial score (nSPS) is 19.9. The third-order valence-corrected chi connectivity index (χ3v) is 5.40. The molecular weight excluding hydrogens is 298 g/mol. The maximum Gasteiger partial charge on any atom is 0.150 e. The molecule has 4 rings (SSSR count). The maximum atomic E-state index is 8.87. The van der Waals surface area contributed by atoms with Crippen LogP contribution in [0.4, 0.5) is 5.82 Å². The summed E-state index contributed by atoms with van der Waals surface area (Å²) in [4.78, 5) is 4.84. The summed E-state index contributed by atoms with van der Waals surface area (Å²) in [6.07, 6.45) is 2.54. The summed E-state index contributed by atoms with van der Waals surface area (Å²) in [6, 6.07) is 12.3. The van der Waals surface area contributed by atoms with Crippen LogP contribution in [0.15, 0.2) is 30.3 Å². The van der Waals surface area contributed by atoms with E-state index in [9.17, 15) is 0 Å². The van der Waals surface area contributed by atoms with Gasteiger partial charge < -0.3 is 4.90 Å². The molecule has 1 aromatic heterocycles. The first-order valence-electron chi connectivity index (χ1n) is 8.68. The SMILES string of the molecule is CC1(c2cc(N3CCN(Cc4ccc(C#N)cc4)CC3)n[nH]2)CC1. The number of H-pyrrole nitrogens is 1. The van der Waals surface area contributed by atoms with Crippen LogP contribution in [0, 0.1) is 11.3 Å². The van der Waals surface area contributed by atoms with Gasteiger partial charge in [-0.1, -0.05) is 19.1 Å². The topological polar surface area (TPSA) is 58.9 Å². The molecule has 0 bridgehead atoms. The first-order valence-corrected chi connectivity index (χ1v) is 8.68. The number of aromatic amines is 1. The van der Waals surface area contributed by atoms with E-state index >= 15 is 0 Å². The molecule has 24 heavy (non-hydrogen) atoms. The van der Waals surface area contributed by atoms with Crippen molar-refractivity contribution in [2.75, 3.05) is 31.1 Å². The zero-order valence-corrected chi connectivity index (χ0v) is 14.1. The molecule has 0 spiro atoms. The summed E-state index contributed by atoms with van der Waals surface area (Å²) in [5.41, 5.74) is 3.63. The van der Waals surface area contributed by atoms with Crippen molar-refractivity contribution in [2.24, 2.45) is 0 Å². The predicted octanol–water partition coefficient (Wildman–Crippen LogP) is 2.66. The molecule has 0 amide bonds. The first-order chi connectivity index (χ1) is 11.7. The quantitative estimate of drug-likeness (QED) is 0.940. The largest absolute Gasteiger partial charge is 0.353 e. The number of rotatable bonds is 4. The van der Waals surface area contributed by atoms with Crippen LogP contribution in [0.25, 0.3) is 0 Å². The van der Waals surface area contributed by atoms with Crippen molar-refractivity contribution in [3.63, 3.8) is 0 Å². The van der Waals surface area contributed by atoms with E-state index in [-0.39, 0.29) is 0 Å². The molecule has 0 atom stereocenters. The molecule has 1 aliphatic carbocycles. The van der Waals surface area contributed by atoms with Crippen molar-refractivity contribution >= 4 is 5.82 Å². The molecule has 1 aliphatic heterocycles. The lowest BCUT2D eigenvalue weighted by Gasteiger charge is -2.34. The molecule has 1 saturated carbocycles. The Hall–Kier alpha value is -2.32. The number of nitriles is 1. The number of anilines is 1. The van der Waals surface area contributed by atoms with Gasteiger partial charge in [0.1, 0.15) is 0 Å². The van der Waals surface area contributed by atoms with Crippen LogP contribution < -0.4 is 4.90 Å². The van der Waals surface area contributed by atoms with E-state index in [1.807, 2.05) is 12.1 Å². The van der Waals surface area contributed by atoms with E-state index in [0.717, 1.165) is 44.1 Å². The van der Waals surface area contributed by atoms with Crippen LogP contribution in [0.1, 0.15) is 36.6 Å². The van der Waals surface area contributed by atoms with Crippen molar-refractivity contribution in [3.8, 4) is 6.07 Å². The number of nitrogens with zero attached hydrogens (tertiary/aromatic N) is 4. The molecule has 2 aliphatic rings. The van der Waals surface area contributed by atoms with Crippen LogP contribution in [0.2, 0.25) is 0 Å². The zero-order valence-electron chi connectivity index (χ0n) is 14.1. The zero-order chi connectivity index (χ0) is 16.6. The second kappa shape index (κ2) is 5.95. The lowest BCUT2D eigenvalue weighted by Crippen LogP contribution is -2.46. The van der Waals surface area contributed by atoms with E-state index in [1.165, 1.54) is 24.1 Å². The molecule has 2 fully saturated rings. The van der Waals surface area contributed by atoms with Crippen LogP contribution in [0.5, 0.6) is 0 Å². The molecule has 1 N–H and O–H groups in total. The summed E-state index contributed by atoms with van der Waals surface area (Å²) in [7, 11) is 0. The fourth-order valence-corrected chi connectivity index (χ4v) is 3.32. The molecule has 1 saturated heterocycles. The maximum absolute atomic E-state index is 8.87. The lowest BCUT2D eigenvalue weighted by atomic mass is 10.1. The van der Waals surface area contributed by atoms with Crippen molar-refractivity contribution in [2.45, 2.75) is 31.7 Å². The minimum atomic E-state index is 0.350. The van der Waals surface area contributed by atoms with Crippen molar-refractivity contribution < 1.29 is 0 Å². The Morgan fingerprint density at radius 2 is 1.88 bits per heavy atom. The highest BCUT2D eigenvalue weighted by Gasteiger charge is 2.41. The second-order valence-corrected chi connectivity index (χ2v) is 7.27. The van der Waals surface area contributed by atoms with E-state index in [1.54, 1.807) is 0 Å². The predicted molar refractivity (Wildman–Crippen MR) is 93.8 cm³/mol. The van der Waals surface area contributed by atoms with Gasteiger partial charge in [0.2, 0.25) is 0 Å². The molecule has 0 unspecified atom stereocenters. The van der Waals surface area contributed by atoms with Crippen LogP contribution in [0.3, 0.4) is 0 Å². The molecule has 2 aromatic rings. The van der Waals surface area contributed by atoms with E-state index in [0.29, 0.717) is 5.41 Å². The van der Waals surface area contributed by atoms with Gasteiger partial charge in [0.05, 0.1) is 11.6 Å². The average molecular weight is 321 g/mol. The van der Waals surface area contributed by atoms with Gasteiger partial charge in [0.15, 0.2) is 5.82 Å². The van der Waals surface area contributed by atoms with Gasteiger partial charge in [-0.2, -0.15) is 10.4 Å². The number of hydrogen-bond donors (Lipinski definition) is 1. The van der Waals surface area contributed by atoms with Gasteiger partial charge in [-0.05, 0) is 30.5 Å². The van der Waals surface area contributed by atoms with Crippen molar-refractivity contribution in [3.05, 3.63) is 47.2 Å². The number of nitrogens with one attached hydrogen (secondary N) is 1. The van der Waals surface area contributed by atoms with Gasteiger partial charge in [-0.15, -0.1) is 0 Å². The Kier molecular flexibility index (Phi) is 3.78. The molecule has 0 radical (unpaired) electrons. The van der Waals surface area contributed by atoms with E-state index < -0.39 is 0 Å². The Labute approximate surface area is 142 Å². The Morgan fingerprint density at radius 1 is 1.17 bits per heavy atom. The van der Waals surface area contributed by atoms with Crippen molar-refractivity contribution in [1.29, 1.82) is 5.26 Å². The smallest absolute Gasteiger partial charge is 0.150 e. The summed E-state index contributed by atoms with van der Waals surface area (Å²) in [6.45, 7) is 7.36. The van der Waals surface area contributed by atoms with Crippen molar-refractivity contribution in [1.82, 2.24) is 15.1 Å². The highest BCUT2D eigenvalue weighted by atomic mass is 15.3. The van der Waals surface area contributed by atoms with Gasteiger partial charge in [-0.3, -0.25) is 10.00 Å². The number of aromatic nitrogens is 2. The van der Waals surface area contributed by atoms with Crippen LogP contribution in [-0.2, 0) is 12.0 Å². The van der Waals surface area contributed by atoms with Gasteiger partial charge >= 0.3 is 0 Å². The number of piperazine rings is 1. The van der Waals surface area contributed by atoms with E-state index in [4.69, 9.17) is 5.26 Å². The molecule has 5 heteroatoms. The monoisotopic (exact) mass is 321 g/mol. The summed E-state index contributed by atoms with van der Waals surface area (Å²) < 4.78 is 0. The van der Waals surface area contributed by atoms with Crippen LogP contribution >= 0.6 is 0 Å². The third kappa shape index (κ3) is 3.02. The molecule has 5 nitrogen and oxygen atoms in total. The Morgan fingerprint density at radius 3 is 2.50 bits per heavy atom. The Bertz CT molecular complexity index is 743.